The molecule has 0 aliphatic carbocycles. The molecule has 0 saturated heterocycles. The van der Waals surface area contributed by atoms with Crippen molar-refractivity contribution in [3.05, 3.63) is 108 Å². The van der Waals surface area contributed by atoms with Gasteiger partial charge in [0.05, 0.1) is 31.3 Å². The second-order valence-electron chi connectivity index (χ2n) is 9.05. The van der Waals surface area contributed by atoms with Gasteiger partial charge in [0.15, 0.2) is 5.13 Å². The molecule has 0 N–H and O–H groups in total. The van der Waals surface area contributed by atoms with Crippen molar-refractivity contribution >= 4 is 48.3 Å². The SMILES string of the molecule is CCN(c1ccccc1)S(=O)(=O)c1ccc(C(=O)N(Cc2ccccc2)c2nc3c(OC)ccc(OC)c3s2)cc1. The van der Waals surface area contributed by atoms with E-state index in [-0.39, 0.29) is 23.9 Å². The molecule has 1 aromatic heterocycles. The number of aromatic nitrogens is 1. The Bertz CT molecular complexity index is 1720. The van der Waals surface area contributed by atoms with Crippen LogP contribution in [0.1, 0.15) is 22.8 Å². The lowest BCUT2D eigenvalue weighted by Gasteiger charge is -2.23. The molecule has 0 unspecified atom stereocenters. The zero-order chi connectivity index (χ0) is 29.0. The van der Waals surface area contributed by atoms with Crippen LogP contribution in [0.5, 0.6) is 11.5 Å². The second kappa shape index (κ2) is 12.0. The summed E-state index contributed by atoms with van der Waals surface area (Å²) in [4.78, 5) is 20.4. The highest BCUT2D eigenvalue weighted by atomic mass is 32.2. The van der Waals surface area contributed by atoms with E-state index in [4.69, 9.17) is 14.5 Å². The number of para-hydroxylation sites is 1. The first kappa shape index (κ1) is 28.1. The predicted octanol–water partition coefficient (Wildman–Crippen LogP) is 6.38. The lowest BCUT2D eigenvalue weighted by molar-refractivity contribution is 0.0985. The highest BCUT2D eigenvalue weighted by Crippen LogP contribution is 2.40. The van der Waals surface area contributed by atoms with Gasteiger partial charge in [-0.3, -0.25) is 14.0 Å². The molecule has 41 heavy (non-hydrogen) atoms. The first-order valence-electron chi connectivity index (χ1n) is 12.9. The molecule has 8 nitrogen and oxygen atoms in total. The molecular weight excluding hydrogens is 558 g/mol. The molecule has 0 saturated carbocycles. The summed E-state index contributed by atoms with van der Waals surface area (Å²) in [5.41, 5.74) is 2.42. The number of rotatable bonds is 10. The summed E-state index contributed by atoms with van der Waals surface area (Å²) in [7, 11) is -0.676. The highest BCUT2D eigenvalue weighted by molar-refractivity contribution is 7.92. The molecule has 0 spiro atoms. The van der Waals surface area contributed by atoms with E-state index in [1.165, 1.54) is 27.8 Å². The number of hydrogen-bond acceptors (Lipinski definition) is 7. The van der Waals surface area contributed by atoms with Gasteiger partial charge in [-0.1, -0.05) is 59.9 Å². The van der Waals surface area contributed by atoms with Gasteiger partial charge < -0.3 is 9.47 Å². The van der Waals surface area contributed by atoms with Gasteiger partial charge in [-0.15, -0.1) is 0 Å². The van der Waals surface area contributed by atoms with Crippen LogP contribution in [0, 0.1) is 0 Å². The molecule has 0 aliphatic rings. The Kier molecular flexibility index (Phi) is 8.23. The van der Waals surface area contributed by atoms with Crippen LogP contribution in [-0.2, 0) is 16.6 Å². The molecule has 0 atom stereocenters. The molecule has 210 valence electrons. The number of carbonyl (C=O) groups is 1. The zero-order valence-corrected chi connectivity index (χ0v) is 24.5. The van der Waals surface area contributed by atoms with E-state index < -0.39 is 10.0 Å². The van der Waals surface area contributed by atoms with E-state index in [1.54, 1.807) is 74.6 Å². The fraction of sp³-hybridized carbons (Fsp3) is 0.161. The standard InChI is InChI=1S/C31H29N3O5S2/c1-4-34(24-13-9-6-10-14-24)41(36,37)25-17-15-23(16-18-25)30(35)33(21-22-11-7-5-8-12-22)31-32-28-26(38-2)19-20-27(39-3)29(28)40-31/h5-20H,4,21H2,1-3H3. The van der Waals surface area contributed by atoms with E-state index >= 15 is 0 Å². The van der Waals surface area contributed by atoms with Crippen LogP contribution in [0.3, 0.4) is 0 Å². The number of benzene rings is 4. The van der Waals surface area contributed by atoms with Crippen molar-refractivity contribution in [1.29, 1.82) is 0 Å². The smallest absolute Gasteiger partial charge is 0.264 e. The number of fused-ring (bicyclic) bond motifs is 1. The van der Waals surface area contributed by atoms with Gasteiger partial charge in [-0.25, -0.2) is 13.4 Å². The third kappa shape index (κ3) is 5.61. The quantitative estimate of drug-likeness (QED) is 0.189. The molecule has 10 heteroatoms. The van der Waals surface area contributed by atoms with Crippen LogP contribution < -0.4 is 18.7 Å². The number of sulfonamides is 1. The minimum absolute atomic E-state index is 0.101. The normalized spacial score (nSPS) is 11.3. The van der Waals surface area contributed by atoms with Crippen LogP contribution >= 0.6 is 11.3 Å². The van der Waals surface area contributed by atoms with E-state index in [1.807, 2.05) is 36.4 Å². The third-order valence-electron chi connectivity index (χ3n) is 6.58. The lowest BCUT2D eigenvalue weighted by Crippen LogP contribution is -2.31. The molecule has 0 fully saturated rings. The molecule has 5 rings (SSSR count). The molecule has 1 heterocycles. The van der Waals surface area contributed by atoms with Crippen LogP contribution in [0.4, 0.5) is 10.8 Å². The molecular formula is C31H29N3O5S2. The van der Waals surface area contributed by atoms with Gasteiger partial charge in [-0.2, -0.15) is 0 Å². The summed E-state index contributed by atoms with van der Waals surface area (Å²) in [6.07, 6.45) is 0. The monoisotopic (exact) mass is 587 g/mol. The van der Waals surface area contributed by atoms with E-state index in [0.717, 1.165) is 10.3 Å². The van der Waals surface area contributed by atoms with Gasteiger partial charge in [0.2, 0.25) is 0 Å². The van der Waals surface area contributed by atoms with Crippen molar-refractivity contribution in [2.24, 2.45) is 0 Å². The highest BCUT2D eigenvalue weighted by Gasteiger charge is 2.27. The summed E-state index contributed by atoms with van der Waals surface area (Å²) in [5, 5.41) is 0.467. The summed E-state index contributed by atoms with van der Waals surface area (Å²) >= 11 is 1.33. The van der Waals surface area contributed by atoms with Crippen molar-refractivity contribution in [2.75, 3.05) is 30.0 Å². The number of ether oxygens (including phenoxy) is 2. The minimum Gasteiger partial charge on any atom is -0.495 e. The van der Waals surface area contributed by atoms with Crippen LogP contribution in [0.25, 0.3) is 10.2 Å². The van der Waals surface area contributed by atoms with Crippen molar-refractivity contribution in [1.82, 2.24) is 4.98 Å². The summed E-state index contributed by atoms with van der Waals surface area (Å²) < 4.78 is 40.1. The van der Waals surface area contributed by atoms with Crippen LogP contribution in [0.2, 0.25) is 0 Å². The molecule has 4 aromatic carbocycles. The average molecular weight is 588 g/mol. The Morgan fingerprint density at radius 1 is 0.829 bits per heavy atom. The minimum atomic E-state index is -3.83. The number of methoxy groups -OCH3 is 2. The molecule has 5 aromatic rings. The Labute approximate surface area is 243 Å². The number of thiazole rings is 1. The van der Waals surface area contributed by atoms with Crippen molar-refractivity contribution in [2.45, 2.75) is 18.4 Å². The van der Waals surface area contributed by atoms with Crippen molar-refractivity contribution in [3.63, 3.8) is 0 Å². The Morgan fingerprint density at radius 2 is 1.44 bits per heavy atom. The molecule has 1 amide bonds. The van der Waals surface area contributed by atoms with Crippen LogP contribution in [0.15, 0.2) is 102 Å². The maximum absolute atomic E-state index is 14.0. The van der Waals surface area contributed by atoms with Gasteiger partial charge in [0, 0.05) is 12.1 Å². The average Bonchev–Trinajstić information content (AvgIpc) is 3.46. The first-order chi connectivity index (χ1) is 19.9. The number of nitrogens with zero attached hydrogens (tertiary/aromatic N) is 3. The van der Waals surface area contributed by atoms with Gasteiger partial charge in [0.1, 0.15) is 21.7 Å². The van der Waals surface area contributed by atoms with Crippen molar-refractivity contribution in [3.8, 4) is 11.5 Å². The zero-order valence-electron chi connectivity index (χ0n) is 22.9. The first-order valence-corrected chi connectivity index (χ1v) is 15.2. The van der Waals surface area contributed by atoms with E-state index in [2.05, 4.69) is 0 Å². The molecule has 0 radical (unpaired) electrons. The lowest BCUT2D eigenvalue weighted by atomic mass is 10.1. The largest absolute Gasteiger partial charge is 0.495 e. The van der Waals surface area contributed by atoms with Gasteiger partial charge in [-0.05, 0) is 61.0 Å². The number of amides is 1. The maximum atomic E-state index is 14.0. The van der Waals surface area contributed by atoms with Crippen LogP contribution in [-0.4, -0.2) is 40.1 Å². The number of carbonyl (C=O) groups excluding carboxylic acids is 1. The predicted molar refractivity (Wildman–Crippen MR) is 163 cm³/mol. The van der Waals surface area contributed by atoms with Crippen molar-refractivity contribution < 1.29 is 22.7 Å². The number of anilines is 2. The fourth-order valence-corrected chi connectivity index (χ4v) is 7.07. The van der Waals surface area contributed by atoms with E-state index in [9.17, 15) is 13.2 Å². The van der Waals surface area contributed by atoms with Gasteiger partial charge >= 0.3 is 0 Å². The van der Waals surface area contributed by atoms with Gasteiger partial charge in [0.25, 0.3) is 15.9 Å². The Hall–Kier alpha value is -4.41. The number of hydrogen-bond donors (Lipinski definition) is 0. The molecule has 0 bridgehead atoms. The topological polar surface area (TPSA) is 89.0 Å². The summed E-state index contributed by atoms with van der Waals surface area (Å²) in [6.45, 7) is 2.32. The van der Waals surface area contributed by atoms with E-state index in [0.29, 0.717) is 33.4 Å². The third-order valence-corrected chi connectivity index (χ3v) is 9.59. The maximum Gasteiger partial charge on any atom is 0.264 e. The summed E-state index contributed by atoms with van der Waals surface area (Å²) in [6, 6.07) is 28.2. The Balaban J connectivity index is 1.52. The summed E-state index contributed by atoms with van der Waals surface area (Å²) in [5.74, 6) is 0.888. The molecule has 0 aliphatic heterocycles. The fourth-order valence-electron chi connectivity index (χ4n) is 4.52. The Morgan fingerprint density at radius 3 is 2.05 bits per heavy atom. The second-order valence-corrected chi connectivity index (χ2v) is 11.9.